The standard InChI is InChI=1S/C19H24N4/c1-5-16-14-8-12(18(2,3)4)6-7-13(14)15(9-20)17(23)19(16,10-21)11-22/h7,12,14,16H,5-6,8,23H2,1-4H3/t12-,14-,16+/m0/s1. The van der Waals surface area contributed by atoms with Crippen LogP contribution >= 0.6 is 0 Å². The molecule has 0 aromatic carbocycles. The topological polar surface area (TPSA) is 97.4 Å². The highest BCUT2D eigenvalue weighted by Gasteiger charge is 2.53. The summed E-state index contributed by atoms with van der Waals surface area (Å²) in [6, 6.07) is 6.45. The van der Waals surface area contributed by atoms with E-state index in [2.05, 4.69) is 45.1 Å². The average Bonchev–Trinajstić information content (AvgIpc) is 2.52. The first-order chi connectivity index (χ1) is 10.8. The maximum Gasteiger partial charge on any atom is 0.187 e. The molecule has 0 aromatic heterocycles. The second-order valence-corrected chi connectivity index (χ2v) is 7.75. The van der Waals surface area contributed by atoms with Crippen LogP contribution < -0.4 is 5.73 Å². The van der Waals surface area contributed by atoms with Gasteiger partial charge < -0.3 is 5.73 Å². The third kappa shape index (κ3) is 2.42. The Bertz CT molecular complexity index is 671. The lowest BCUT2D eigenvalue weighted by atomic mass is 9.55. The molecule has 23 heavy (non-hydrogen) atoms. The minimum absolute atomic E-state index is 0.0548. The highest BCUT2D eigenvalue weighted by molar-refractivity contribution is 5.56. The van der Waals surface area contributed by atoms with Gasteiger partial charge >= 0.3 is 0 Å². The highest BCUT2D eigenvalue weighted by Crippen LogP contribution is 2.54. The zero-order valence-electron chi connectivity index (χ0n) is 14.3. The first kappa shape index (κ1) is 17.1. The van der Waals surface area contributed by atoms with E-state index in [1.807, 2.05) is 6.92 Å². The Hall–Kier alpha value is -2.25. The molecule has 0 amide bonds. The van der Waals surface area contributed by atoms with Crippen molar-refractivity contribution in [1.29, 1.82) is 15.8 Å². The van der Waals surface area contributed by atoms with Gasteiger partial charge in [0.2, 0.25) is 0 Å². The van der Waals surface area contributed by atoms with Crippen LogP contribution in [0, 0.1) is 62.6 Å². The van der Waals surface area contributed by atoms with Crippen LogP contribution in [-0.4, -0.2) is 0 Å². The molecule has 0 radical (unpaired) electrons. The van der Waals surface area contributed by atoms with E-state index in [1.165, 1.54) is 0 Å². The van der Waals surface area contributed by atoms with Gasteiger partial charge in [-0.1, -0.05) is 33.8 Å². The fraction of sp³-hybridized carbons (Fsp3) is 0.632. The third-order valence-corrected chi connectivity index (χ3v) is 5.71. The van der Waals surface area contributed by atoms with Crippen molar-refractivity contribution >= 4 is 0 Å². The van der Waals surface area contributed by atoms with Gasteiger partial charge in [-0.3, -0.25) is 0 Å². The molecular formula is C19H24N4. The Balaban J connectivity index is 2.66. The lowest BCUT2D eigenvalue weighted by Gasteiger charge is -2.46. The SMILES string of the molecule is CC[C@@H]1[C@H]2C[C@@H](C(C)(C)C)CC=C2C(C#N)=C(N)C1(C#N)C#N. The Morgan fingerprint density at radius 3 is 2.30 bits per heavy atom. The molecule has 2 aliphatic carbocycles. The lowest BCUT2D eigenvalue weighted by Crippen LogP contribution is -2.45. The molecule has 2 aliphatic rings. The smallest absolute Gasteiger partial charge is 0.187 e. The molecule has 0 spiro atoms. The number of hydrogen-bond acceptors (Lipinski definition) is 4. The molecule has 0 aliphatic heterocycles. The normalized spacial score (nSPS) is 29.6. The second kappa shape index (κ2) is 5.75. The van der Waals surface area contributed by atoms with Gasteiger partial charge in [-0.25, -0.2) is 0 Å². The van der Waals surface area contributed by atoms with Gasteiger partial charge in [0.15, 0.2) is 5.41 Å². The summed E-state index contributed by atoms with van der Waals surface area (Å²) in [4.78, 5) is 0. The second-order valence-electron chi connectivity index (χ2n) is 7.75. The molecule has 0 aromatic rings. The maximum absolute atomic E-state index is 9.73. The summed E-state index contributed by atoms with van der Waals surface area (Å²) in [6.45, 7) is 8.66. The van der Waals surface area contributed by atoms with E-state index >= 15 is 0 Å². The molecule has 2 rings (SSSR count). The van der Waals surface area contributed by atoms with Gasteiger partial charge in [-0.2, -0.15) is 15.8 Å². The summed E-state index contributed by atoms with van der Waals surface area (Å²) in [5.74, 6) is 0.366. The number of nitrogens with two attached hydrogens (primary N) is 1. The van der Waals surface area contributed by atoms with Gasteiger partial charge in [0.1, 0.15) is 6.07 Å². The van der Waals surface area contributed by atoms with Crippen molar-refractivity contribution in [2.75, 3.05) is 0 Å². The Morgan fingerprint density at radius 2 is 1.87 bits per heavy atom. The van der Waals surface area contributed by atoms with Gasteiger partial charge in [0, 0.05) is 5.92 Å². The van der Waals surface area contributed by atoms with Crippen LogP contribution in [0.2, 0.25) is 0 Å². The van der Waals surface area contributed by atoms with Crippen LogP contribution in [0.1, 0.15) is 47.0 Å². The zero-order chi connectivity index (χ0) is 17.4. The molecule has 0 bridgehead atoms. The van der Waals surface area contributed by atoms with Gasteiger partial charge in [0.05, 0.1) is 23.4 Å². The monoisotopic (exact) mass is 308 g/mol. The molecule has 120 valence electrons. The number of fused-ring (bicyclic) bond motifs is 1. The summed E-state index contributed by atoms with van der Waals surface area (Å²) in [5.41, 5.74) is 6.38. The quantitative estimate of drug-likeness (QED) is 0.796. The number of allylic oxidation sites excluding steroid dienone is 4. The molecular weight excluding hydrogens is 284 g/mol. The van der Waals surface area contributed by atoms with Crippen LogP contribution in [0.25, 0.3) is 0 Å². The van der Waals surface area contributed by atoms with Crippen LogP contribution in [0.3, 0.4) is 0 Å². The first-order valence-corrected chi connectivity index (χ1v) is 8.20. The molecule has 4 heteroatoms. The summed E-state index contributed by atoms with van der Waals surface area (Å²) >= 11 is 0. The number of hydrogen-bond donors (Lipinski definition) is 1. The number of rotatable bonds is 1. The van der Waals surface area contributed by atoms with Crippen LogP contribution in [0.4, 0.5) is 0 Å². The summed E-state index contributed by atoms with van der Waals surface area (Å²) in [7, 11) is 0. The fourth-order valence-corrected chi connectivity index (χ4v) is 4.21. The van der Waals surface area contributed by atoms with Crippen LogP contribution in [0.15, 0.2) is 22.9 Å². The first-order valence-electron chi connectivity index (χ1n) is 8.20. The van der Waals surface area contributed by atoms with Gasteiger partial charge in [-0.15, -0.1) is 0 Å². The van der Waals surface area contributed by atoms with E-state index in [0.29, 0.717) is 17.9 Å². The van der Waals surface area contributed by atoms with E-state index in [1.54, 1.807) is 0 Å². The van der Waals surface area contributed by atoms with E-state index in [4.69, 9.17) is 5.73 Å². The van der Waals surface area contributed by atoms with E-state index in [0.717, 1.165) is 18.4 Å². The fourth-order valence-electron chi connectivity index (χ4n) is 4.21. The van der Waals surface area contributed by atoms with Crippen molar-refractivity contribution in [2.45, 2.75) is 47.0 Å². The summed E-state index contributed by atoms with van der Waals surface area (Å²) in [5, 5.41) is 29.0. The molecule has 4 nitrogen and oxygen atoms in total. The predicted octanol–water partition coefficient (Wildman–Crippen LogP) is 3.79. The van der Waals surface area contributed by atoms with Crippen LogP contribution in [0.5, 0.6) is 0 Å². The maximum atomic E-state index is 9.73. The summed E-state index contributed by atoms with van der Waals surface area (Å²) < 4.78 is 0. The molecule has 0 saturated heterocycles. The number of nitrogens with zero attached hydrogens (tertiary/aromatic N) is 3. The van der Waals surface area contributed by atoms with Crippen LogP contribution in [-0.2, 0) is 0 Å². The molecule has 2 N–H and O–H groups in total. The van der Waals surface area contributed by atoms with Crippen molar-refractivity contribution in [2.24, 2.45) is 34.3 Å². The van der Waals surface area contributed by atoms with Crippen molar-refractivity contribution in [3.8, 4) is 18.2 Å². The van der Waals surface area contributed by atoms with E-state index < -0.39 is 5.41 Å². The Morgan fingerprint density at radius 1 is 1.26 bits per heavy atom. The highest BCUT2D eigenvalue weighted by atomic mass is 14.7. The minimum Gasteiger partial charge on any atom is -0.399 e. The van der Waals surface area contributed by atoms with Gasteiger partial charge in [0.25, 0.3) is 0 Å². The van der Waals surface area contributed by atoms with Crippen molar-refractivity contribution < 1.29 is 0 Å². The number of nitriles is 3. The van der Waals surface area contributed by atoms with E-state index in [9.17, 15) is 15.8 Å². The van der Waals surface area contributed by atoms with Gasteiger partial charge in [-0.05, 0) is 42.1 Å². The lowest BCUT2D eigenvalue weighted by molar-refractivity contribution is 0.141. The third-order valence-electron chi connectivity index (χ3n) is 5.71. The van der Waals surface area contributed by atoms with Crippen molar-refractivity contribution in [1.82, 2.24) is 0 Å². The largest absolute Gasteiger partial charge is 0.399 e. The molecule has 3 atom stereocenters. The Kier molecular flexibility index (Phi) is 4.28. The van der Waals surface area contributed by atoms with E-state index in [-0.39, 0.29) is 22.9 Å². The minimum atomic E-state index is -1.39. The summed E-state index contributed by atoms with van der Waals surface area (Å²) in [6.07, 6.45) is 4.63. The average molecular weight is 308 g/mol. The molecule has 0 unspecified atom stereocenters. The molecule has 0 fully saturated rings. The molecule has 0 heterocycles. The zero-order valence-corrected chi connectivity index (χ0v) is 14.3. The predicted molar refractivity (Wildman–Crippen MR) is 88.0 cm³/mol. The van der Waals surface area contributed by atoms with Crippen molar-refractivity contribution in [3.05, 3.63) is 22.9 Å². The van der Waals surface area contributed by atoms with Crippen molar-refractivity contribution in [3.63, 3.8) is 0 Å². The Labute approximate surface area is 138 Å². The molecule has 0 saturated carbocycles.